The second-order valence-corrected chi connectivity index (χ2v) is 7.48. The van der Waals surface area contributed by atoms with Gasteiger partial charge in [-0.3, -0.25) is 9.59 Å². The molecule has 0 saturated carbocycles. The molecule has 144 valence electrons. The van der Waals surface area contributed by atoms with Crippen LogP contribution in [0.1, 0.15) is 16.7 Å². The van der Waals surface area contributed by atoms with Crippen molar-refractivity contribution >= 4 is 40.4 Å². The largest absolute Gasteiger partial charge is 0.350 e. The summed E-state index contributed by atoms with van der Waals surface area (Å²) in [5, 5.41) is 3.74. The topological polar surface area (TPSA) is 49.4 Å². The van der Waals surface area contributed by atoms with Gasteiger partial charge < -0.3 is 5.32 Å². The van der Waals surface area contributed by atoms with Gasteiger partial charge in [0.2, 0.25) is 0 Å². The summed E-state index contributed by atoms with van der Waals surface area (Å²) >= 11 is 5.97. The fourth-order valence-electron chi connectivity index (χ4n) is 3.53. The minimum absolute atomic E-state index is 0.265. The molecule has 5 heteroatoms. The van der Waals surface area contributed by atoms with Gasteiger partial charge in [0.05, 0.1) is 11.3 Å². The van der Waals surface area contributed by atoms with Gasteiger partial charge in [-0.05, 0) is 66.9 Å². The van der Waals surface area contributed by atoms with Crippen LogP contribution in [0.2, 0.25) is 5.02 Å². The van der Waals surface area contributed by atoms with Crippen molar-refractivity contribution in [1.29, 1.82) is 0 Å². The quantitative estimate of drug-likeness (QED) is 0.598. The van der Waals surface area contributed by atoms with E-state index in [1.54, 1.807) is 24.3 Å². The number of nitrogens with zero attached hydrogens (tertiary/aromatic N) is 1. The number of anilines is 2. The fraction of sp³-hybridized carbons (Fsp3) is 0.0833. The Morgan fingerprint density at radius 3 is 2.03 bits per heavy atom. The molecule has 1 aliphatic heterocycles. The van der Waals surface area contributed by atoms with Gasteiger partial charge >= 0.3 is 0 Å². The van der Waals surface area contributed by atoms with E-state index in [9.17, 15) is 9.59 Å². The number of imide groups is 1. The zero-order chi connectivity index (χ0) is 20.5. The minimum atomic E-state index is -0.393. The molecule has 29 heavy (non-hydrogen) atoms. The standard InChI is InChI=1S/C24H19ClN2O2/c1-15-12-16(2)14-19(13-15)26-22-21(17-6-4-3-5-7-17)23(28)27(24(22)29)20-10-8-18(25)9-11-20/h3-14,26H,1-2H3. The fourth-order valence-corrected chi connectivity index (χ4v) is 3.66. The summed E-state index contributed by atoms with van der Waals surface area (Å²) in [5.74, 6) is -0.759. The Bertz CT molecular complexity index is 1120. The molecular weight excluding hydrogens is 384 g/mol. The van der Waals surface area contributed by atoms with Gasteiger partial charge in [-0.2, -0.15) is 0 Å². The molecule has 0 spiro atoms. The Morgan fingerprint density at radius 1 is 0.793 bits per heavy atom. The first-order valence-corrected chi connectivity index (χ1v) is 9.61. The number of nitrogens with one attached hydrogen (secondary N) is 1. The van der Waals surface area contributed by atoms with E-state index in [0.29, 0.717) is 21.8 Å². The number of amides is 2. The van der Waals surface area contributed by atoms with Crippen LogP contribution in [0, 0.1) is 13.8 Å². The van der Waals surface area contributed by atoms with E-state index in [1.165, 1.54) is 4.90 Å². The third kappa shape index (κ3) is 3.67. The lowest BCUT2D eigenvalue weighted by molar-refractivity contribution is -0.120. The molecule has 0 unspecified atom stereocenters. The first-order chi connectivity index (χ1) is 13.9. The van der Waals surface area contributed by atoms with Gasteiger partial charge in [-0.15, -0.1) is 0 Å². The summed E-state index contributed by atoms with van der Waals surface area (Å²) in [6.45, 7) is 3.98. The summed E-state index contributed by atoms with van der Waals surface area (Å²) in [7, 11) is 0. The van der Waals surface area contributed by atoms with Gasteiger partial charge in [-0.25, -0.2) is 4.90 Å². The third-order valence-corrected chi connectivity index (χ3v) is 4.97. The van der Waals surface area contributed by atoms with Crippen molar-refractivity contribution in [1.82, 2.24) is 0 Å². The Hall–Kier alpha value is -3.37. The number of halogens is 1. The number of carbonyl (C=O) groups excluding carboxylic acids is 2. The Balaban J connectivity index is 1.82. The third-order valence-electron chi connectivity index (χ3n) is 4.72. The molecular formula is C24H19ClN2O2. The van der Waals surface area contributed by atoms with Crippen molar-refractivity contribution < 1.29 is 9.59 Å². The number of carbonyl (C=O) groups is 2. The van der Waals surface area contributed by atoms with Crippen molar-refractivity contribution in [2.45, 2.75) is 13.8 Å². The molecule has 0 bridgehead atoms. The van der Waals surface area contributed by atoms with Crippen LogP contribution in [-0.4, -0.2) is 11.8 Å². The number of benzene rings is 3. The molecule has 3 aromatic rings. The lowest BCUT2D eigenvalue weighted by atomic mass is 10.0. The highest BCUT2D eigenvalue weighted by atomic mass is 35.5. The molecule has 0 aliphatic carbocycles. The predicted molar refractivity (Wildman–Crippen MR) is 117 cm³/mol. The Kier molecular flexibility index (Phi) is 4.95. The van der Waals surface area contributed by atoms with Gasteiger partial charge in [0.25, 0.3) is 11.8 Å². The molecule has 1 N–H and O–H groups in total. The van der Waals surface area contributed by atoms with Crippen LogP contribution in [0.3, 0.4) is 0 Å². The Morgan fingerprint density at radius 2 is 1.41 bits per heavy atom. The second-order valence-electron chi connectivity index (χ2n) is 7.04. The summed E-state index contributed by atoms with van der Waals surface area (Å²) in [6, 6.07) is 21.8. The smallest absolute Gasteiger partial charge is 0.282 e. The highest BCUT2D eigenvalue weighted by Gasteiger charge is 2.40. The van der Waals surface area contributed by atoms with E-state index in [2.05, 4.69) is 11.4 Å². The molecule has 0 aromatic heterocycles. The van der Waals surface area contributed by atoms with Gasteiger partial charge in [-0.1, -0.05) is 48.0 Å². The van der Waals surface area contributed by atoms with Crippen molar-refractivity contribution in [3.63, 3.8) is 0 Å². The van der Waals surface area contributed by atoms with Crippen LogP contribution in [0.5, 0.6) is 0 Å². The number of aryl methyl sites for hydroxylation is 2. The lowest BCUT2D eigenvalue weighted by Crippen LogP contribution is -2.32. The van der Waals surface area contributed by atoms with Crippen molar-refractivity contribution in [2.75, 3.05) is 10.2 Å². The monoisotopic (exact) mass is 402 g/mol. The maximum atomic E-state index is 13.3. The first kappa shape index (κ1) is 19.0. The summed E-state index contributed by atoms with van der Waals surface area (Å²) in [5.41, 5.74) is 4.70. The highest BCUT2D eigenvalue weighted by molar-refractivity contribution is 6.46. The van der Waals surface area contributed by atoms with E-state index in [-0.39, 0.29) is 11.6 Å². The molecule has 0 atom stereocenters. The van der Waals surface area contributed by atoms with Crippen LogP contribution in [0.4, 0.5) is 11.4 Å². The SMILES string of the molecule is Cc1cc(C)cc(NC2=C(c3ccccc3)C(=O)N(c3ccc(Cl)cc3)C2=O)c1. The van der Waals surface area contributed by atoms with Crippen LogP contribution in [0.25, 0.3) is 5.57 Å². The molecule has 0 fully saturated rings. The van der Waals surface area contributed by atoms with Crippen molar-refractivity contribution in [3.8, 4) is 0 Å². The average Bonchev–Trinajstić information content (AvgIpc) is 2.92. The zero-order valence-electron chi connectivity index (χ0n) is 16.1. The molecule has 4 rings (SSSR count). The van der Waals surface area contributed by atoms with Crippen LogP contribution < -0.4 is 10.2 Å². The number of hydrogen-bond acceptors (Lipinski definition) is 3. The van der Waals surface area contributed by atoms with E-state index in [0.717, 1.165) is 16.8 Å². The second kappa shape index (κ2) is 7.57. The number of rotatable bonds is 4. The molecule has 3 aromatic carbocycles. The number of hydrogen-bond donors (Lipinski definition) is 1. The van der Waals surface area contributed by atoms with Gasteiger partial charge in [0.15, 0.2) is 0 Å². The predicted octanol–water partition coefficient (Wildman–Crippen LogP) is 5.35. The van der Waals surface area contributed by atoms with Gasteiger partial charge in [0.1, 0.15) is 5.70 Å². The summed E-state index contributed by atoms with van der Waals surface area (Å²) in [6.07, 6.45) is 0. The lowest BCUT2D eigenvalue weighted by Gasteiger charge is -2.15. The van der Waals surface area contributed by atoms with Crippen molar-refractivity contribution in [3.05, 3.63) is 100 Å². The van der Waals surface area contributed by atoms with E-state index in [1.807, 2.05) is 56.3 Å². The highest BCUT2D eigenvalue weighted by Crippen LogP contribution is 2.34. The van der Waals surface area contributed by atoms with Crippen molar-refractivity contribution in [2.24, 2.45) is 0 Å². The normalized spacial score (nSPS) is 14.0. The average molecular weight is 403 g/mol. The van der Waals surface area contributed by atoms with E-state index in [4.69, 9.17) is 11.6 Å². The van der Waals surface area contributed by atoms with Crippen LogP contribution in [-0.2, 0) is 9.59 Å². The minimum Gasteiger partial charge on any atom is -0.350 e. The summed E-state index contributed by atoms with van der Waals surface area (Å²) < 4.78 is 0. The molecule has 0 saturated heterocycles. The zero-order valence-corrected chi connectivity index (χ0v) is 16.8. The van der Waals surface area contributed by atoms with Gasteiger partial charge in [0, 0.05) is 10.7 Å². The molecule has 0 radical (unpaired) electrons. The molecule has 4 nitrogen and oxygen atoms in total. The van der Waals surface area contributed by atoms with E-state index >= 15 is 0 Å². The maximum absolute atomic E-state index is 13.3. The maximum Gasteiger partial charge on any atom is 0.282 e. The van der Waals surface area contributed by atoms with Crippen LogP contribution >= 0.6 is 11.6 Å². The van der Waals surface area contributed by atoms with E-state index < -0.39 is 5.91 Å². The molecule has 2 amide bonds. The molecule has 1 heterocycles. The summed E-state index contributed by atoms with van der Waals surface area (Å²) in [4.78, 5) is 27.8. The first-order valence-electron chi connectivity index (χ1n) is 9.23. The van der Waals surface area contributed by atoms with Crippen LogP contribution in [0.15, 0.2) is 78.5 Å². The Labute approximate surface area is 174 Å². The molecule has 1 aliphatic rings.